The van der Waals surface area contributed by atoms with E-state index in [4.69, 9.17) is 15.4 Å². The number of azide groups is 1. The molecule has 0 radical (unpaired) electrons. The number of carboxylic acids is 1. The Balaban J connectivity index is 3.04. The van der Waals surface area contributed by atoms with Crippen molar-refractivity contribution in [2.45, 2.75) is 39.2 Å². The fourth-order valence-electron chi connectivity index (χ4n) is 2.03. The molecule has 0 heterocycles. The molecule has 108 valence electrons. The van der Waals surface area contributed by atoms with Crippen LogP contribution in [-0.4, -0.2) is 18.2 Å². The molecule has 0 aliphatic heterocycles. The Bertz CT molecular complexity index is 537. The first kappa shape index (κ1) is 15.9. The Morgan fingerprint density at radius 3 is 2.65 bits per heavy atom. The number of benzene rings is 1. The quantitative estimate of drug-likeness (QED) is 0.464. The third-order valence-electron chi connectivity index (χ3n) is 3.26. The van der Waals surface area contributed by atoms with Crippen molar-refractivity contribution in [2.75, 3.05) is 7.11 Å². The molecule has 0 saturated heterocycles. The lowest BCUT2D eigenvalue weighted by molar-refractivity contribution is -0.137. The second-order valence-corrected chi connectivity index (χ2v) is 4.69. The Kier molecular flexibility index (Phi) is 5.87. The highest BCUT2D eigenvalue weighted by atomic mass is 16.5. The minimum atomic E-state index is -0.850. The van der Waals surface area contributed by atoms with E-state index in [1.54, 1.807) is 7.11 Å². The molecule has 20 heavy (non-hydrogen) atoms. The largest absolute Gasteiger partial charge is 0.496 e. The van der Waals surface area contributed by atoms with Crippen LogP contribution in [0, 0.1) is 13.8 Å². The van der Waals surface area contributed by atoms with Crippen molar-refractivity contribution in [3.05, 3.63) is 39.3 Å². The van der Waals surface area contributed by atoms with Gasteiger partial charge in [-0.2, -0.15) is 0 Å². The minimum absolute atomic E-state index is 0.0601. The number of aryl methyl sites for hydroxylation is 2. The van der Waals surface area contributed by atoms with Gasteiger partial charge in [0.2, 0.25) is 0 Å². The maximum atomic E-state index is 10.6. The molecule has 0 amide bonds. The number of aliphatic carboxylic acids is 1. The highest BCUT2D eigenvalue weighted by Crippen LogP contribution is 2.33. The van der Waals surface area contributed by atoms with Crippen molar-refractivity contribution in [1.82, 2.24) is 0 Å². The SMILES string of the molecule is COc1cc(C)c(C)cc1C(CCCC(=O)O)N=[N+]=[N-]. The molecule has 1 aromatic rings. The highest BCUT2D eigenvalue weighted by Gasteiger charge is 2.16. The average molecular weight is 277 g/mol. The third-order valence-corrected chi connectivity index (χ3v) is 3.26. The molecule has 0 bridgehead atoms. The smallest absolute Gasteiger partial charge is 0.303 e. The van der Waals surface area contributed by atoms with Crippen LogP contribution in [0.15, 0.2) is 17.2 Å². The summed E-state index contributed by atoms with van der Waals surface area (Å²) in [5.74, 6) is -0.183. The fourth-order valence-corrected chi connectivity index (χ4v) is 2.03. The second-order valence-electron chi connectivity index (χ2n) is 4.69. The maximum Gasteiger partial charge on any atom is 0.303 e. The Morgan fingerprint density at radius 2 is 2.10 bits per heavy atom. The van der Waals surface area contributed by atoms with Crippen LogP contribution in [0.5, 0.6) is 5.75 Å². The zero-order valence-corrected chi connectivity index (χ0v) is 12.0. The molecule has 0 aromatic heterocycles. The standard InChI is InChI=1S/C14H19N3O3/c1-9-7-11(13(20-3)8-10(9)2)12(16-17-15)5-4-6-14(18)19/h7-8,12H,4-6H2,1-3H3,(H,18,19). The van der Waals surface area contributed by atoms with E-state index in [2.05, 4.69) is 10.0 Å². The highest BCUT2D eigenvalue weighted by molar-refractivity contribution is 5.66. The van der Waals surface area contributed by atoms with Crippen LogP contribution in [-0.2, 0) is 4.79 Å². The number of carboxylic acid groups (broad SMARTS) is 1. The van der Waals surface area contributed by atoms with Gasteiger partial charge in [-0.25, -0.2) is 0 Å². The molecular formula is C14H19N3O3. The Morgan fingerprint density at radius 1 is 1.45 bits per heavy atom. The zero-order valence-electron chi connectivity index (χ0n) is 12.0. The fraction of sp³-hybridized carbons (Fsp3) is 0.500. The van der Waals surface area contributed by atoms with Gasteiger partial charge >= 0.3 is 5.97 Å². The molecule has 0 saturated carbocycles. The van der Waals surface area contributed by atoms with E-state index in [9.17, 15) is 4.79 Å². The summed E-state index contributed by atoms with van der Waals surface area (Å²) in [4.78, 5) is 13.4. The molecule has 6 heteroatoms. The summed E-state index contributed by atoms with van der Waals surface area (Å²) >= 11 is 0. The number of carbonyl (C=O) groups is 1. The number of hydrogen-bond acceptors (Lipinski definition) is 3. The van der Waals surface area contributed by atoms with Crippen LogP contribution < -0.4 is 4.74 Å². The zero-order chi connectivity index (χ0) is 15.1. The number of methoxy groups -OCH3 is 1. The summed E-state index contributed by atoms with van der Waals surface area (Å²) < 4.78 is 5.34. The van der Waals surface area contributed by atoms with E-state index in [0.29, 0.717) is 18.6 Å². The lowest BCUT2D eigenvalue weighted by atomic mass is 9.96. The van der Waals surface area contributed by atoms with Gasteiger partial charge in [0.1, 0.15) is 5.75 Å². The van der Waals surface area contributed by atoms with Gasteiger partial charge in [-0.15, -0.1) is 0 Å². The number of hydrogen-bond donors (Lipinski definition) is 1. The van der Waals surface area contributed by atoms with Crippen LogP contribution in [0.2, 0.25) is 0 Å². The van der Waals surface area contributed by atoms with Crippen molar-refractivity contribution in [3.63, 3.8) is 0 Å². The van der Waals surface area contributed by atoms with Crippen LogP contribution in [0.3, 0.4) is 0 Å². The third kappa shape index (κ3) is 4.17. The van der Waals surface area contributed by atoms with Crippen LogP contribution in [0.1, 0.15) is 42.0 Å². The van der Waals surface area contributed by atoms with Gasteiger partial charge in [0.05, 0.1) is 13.2 Å². The molecule has 1 atom stereocenters. The molecule has 1 N–H and O–H groups in total. The summed E-state index contributed by atoms with van der Waals surface area (Å²) in [6.07, 6.45) is 0.995. The lowest BCUT2D eigenvalue weighted by Crippen LogP contribution is -2.02. The first-order valence-electron chi connectivity index (χ1n) is 6.40. The van der Waals surface area contributed by atoms with Gasteiger partial charge in [0, 0.05) is 16.9 Å². The minimum Gasteiger partial charge on any atom is -0.496 e. The van der Waals surface area contributed by atoms with Gasteiger partial charge in [0.25, 0.3) is 0 Å². The topological polar surface area (TPSA) is 95.3 Å². The summed E-state index contributed by atoms with van der Waals surface area (Å²) in [5.41, 5.74) is 11.7. The monoisotopic (exact) mass is 277 g/mol. The summed E-state index contributed by atoms with van der Waals surface area (Å²) in [5, 5.41) is 12.5. The van der Waals surface area contributed by atoms with E-state index in [1.807, 2.05) is 26.0 Å². The van der Waals surface area contributed by atoms with Crippen LogP contribution in [0.4, 0.5) is 0 Å². The van der Waals surface area contributed by atoms with Crippen molar-refractivity contribution >= 4 is 5.97 Å². The molecule has 1 aromatic carbocycles. The van der Waals surface area contributed by atoms with E-state index in [1.165, 1.54) is 0 Å². The molecule has 1 rings (SSSR count). The van der Waals surface area contributed by atoms with E-state index >= 15 is 0 Å². The molecule has 0 aliphatic rings. The maximum absolute atomic E-state index is 10.6. The van der Waals surface area contributed by atoms with Crippen LogP contribution >= 0.6 is 0 Å². The first-order chi connectivity index (χ1) is 9.49. The van der Waals surface area contributed by atoms with Gasteiger partial charge < -0.3 is 9.84 Å². The van der Waals surface area contributed by atoms with Crippen molar-refractivity contribution in [3.8, 4) is 5.75 Å². The summed E-state index contributed by atoms with van der Waals surface area (Å²) in [6.45, 7) is 3.96. The predicted octanol–water partition coefficient (Wildman–Crippen LogP) is 3.92. The Hall–Kier alpha value is -2.20. The van der Waals surface area contributed by atoms with Gasteiger partial charge in [-0.05, 0) is 49.4 Å². The van der Waals surface area contributed by atoms with Crippen molar-refractivity contribution in [2.24, 2.45) is 5.11 Å². The molecular weight excluding hydrogens is 258 g/mol. The molecule has 0 fully saturated rings. The molecule has 6 nitrogen and oxygen atoms in total. The number of nitrogens with zero attached hydrogens (tertiary/aromatic N) is 3. The van der Waals surface area contributed by atoms with E-state index in [0.717, 1.165) is 16.7 Å². The number of ether oxygens (including phenoxy) is 1. The van der Waals surface area contributed by atoms with E-state index in [-0.39, 0.29) is 6.42 Å². The average Bonchev–Trinajstić information content (AvgIpc) is 2.40. The predicted molar refractivity (Wildman–Crippen MR) is 75.8 cm³/mol. The first-order valence-corrected chi connectivity index (χ1v) is 6.40. The van der Waals surface area contributed by atoms with Gasteiger partial charge in [0.15, 0.2) is 0 Å². The van der Waals surface area contributed by atoms with Gasteiger partial charge in [-0.3, -0.25) is 4.79 Å². The Labute approximate surface area is 118 Å². The molecule has 0 aliphatic carbocycles. The number of rotatable bonds is 7. The normalized spacial score (nSPS) is 11.6. The van der Waals surface area contributed by atoms with Crippen molar-refractivity contribution in [1.29, 1.82) is 0 Å². The molecule has 1 unspecified atom stereocenters. The second kappa shape index (κ2) is 7.40. The van der Waals surface area contributed by atoms with Crippen molar-refractivity contribution < 1.29 is 14.6 Å². The summed E-state index contributed by atoms with van der Waals surface area (Å²) in [6, 6.07) is 3.43. The van der Waals surface area contributed by atoms with Gasteiger partial charge in [-0.1, -0.05) is 11.2 Å². The van der Waals surface area contributed by atoms with E-state index < -0.39 is 12.0 Å². The summed E-state index contributed by atoms with van der Waals surface area (Å²) in [7, 11) is 1.57. The molecule has 0 spiro atoms. The lowest BCUT2D eigenvalue weighted by Gasteiger charge is -2.17. The van der Waals surface area contributed by atoms with Crippen LogP contribution in [0.25, 0.3) is 10.4 Å².